The van der Waals surface area contributed by atoms with Gasteiger partial charge in [0.1, 0.15) is 0 Å². The van der Waals surface area contributed by atoms with Crippen LogP contribution in [0.2, 0.25) is 0 Å². The molecule has 2 atom stereocenters. The third-order valence-electron chi connectivity index (χ3n) is 2.95. The smallest absolute Gasteiger partial charge is 0.208 e. The van der Waals surface area contributed by atoms with E-state index in [9.17, 15) is 8.42 Å². The Bertz CT molecular complexity index is 405. The standard InChI is InChI=1S/C11H22N4O2S/c1-3-7-13-11(12)14-8-9-5-4-6-10(9)15-18(2,16)17/h3,9-10,15H,1,4-8H2,2H3,(H3,12,13,14). The summed E-state index contributed by atoms with van der Waals surface area (Å²) in [5.41, 5.74) is 5.66. The second-order valence-corrected chi connectivity index (χ2v) is 6.36. The summed E-state index contributed by atoms with van der Waals surface area (Å²) in [5.74, 6) is 0.601. The van der Waals surface area contributed by atoms with Crippen molar-refractivity contribution >= 4 is 16.0 Å². The number of nitrogens with one attached hydrogen (secondary N) is 2. The molecule has 0 bridgehead atoms. The zero-order valence-electron chi connectivity index (χ0n) is 10.7. The summed E-state index contributed by atoms with van der Waals surface area (Å²) >= 11 is 0. The fourth-order valence-electron chi connectivity index (χ4n) is 2.13. The van der Waals surface area contributed by atoms with E-state index in [1.165, 1.54) is 6.26 Å². The molecule has 1 aliphatic rings. The monoisotopic (exact) mass is 274 g/mol. The lowest BCUT2D eigenvalue weighted by Gasteiger charge is -2.18. The Hall–Kier alpha value is -1.08. The Morgan fingerprint density at radius 2 is 2.28 bits per heavy atom. The van der Waals surface area contributed by atoms with Gasteiger partial charge in [-0.3, -0.25) is 4.99 Å². The summed E-state index contributed by atoms with van der Waals surface area (Å²) in [6.45, 7) is 4.69. The Labute approximate surface area is 109 Å². The van der Waals surface area contributed by atoms with Crippen molar-refractivity contribution < 1.29 is 8.42 Å². The Morgan fingerprint density at radius 3 is 2.89 bits per heavy atom. The topological polar surface area (TPSA) is 96.6 Å². The molecule has 1 aliphatic carbocycles. The fraction of sp³-hybridized carbons (Fsp3) is 0.727. The highest BCUT2D eigenvalue weighted by molar-refractivity contribution is 7.88. The minimum atomic E-state index is -3.15. The van der Waals surface area contributed by atoms with E-state index in [4.69, 9.17) is 5.73 Å². The molecule has 2 unspecified atom stereocenters. The van der Waals surface area contributed by atoms with Crippen LogP contribution in [0.4, 0.5) is 0 Å². The number of nitrogens with two attached hydrogens (primary N) is 1. The minimum Gasteiger partial charge on any atom is -0.370 e. The second-order valence-electron chi connectivity index (χ2n) is 4.58. The second kappa shape index (κ2) is 6.75. The van der Waals surface area contributed by atoms with E-state index in [1.807, 2.05) is 0 Å². The van der Waals surface area contributed by atoms with Crippen LogP contribution in [0.25, 0.3) is 0 Å². The van der Waals surface area contributed by atoms with Gasteiger partial charge in [0.2, 0.25) is 10.0 Å². The molecule has 0 aromatic rings. The zero-order chi connectivity index (χ0) is 13.6. The summed E-state index contributed by atoms with van der Waals surface area (Å²) in [5, 5.41) is 2.89. The van der Waals surface area contributed by atoms with Gasteiger partial charge in [-0.05, 0) is 18.8 Å². The van der Waals surface area contributed by atoms with Crippen molar-refractivity contribution in [2.45, 2.75) is 25.3 Å². The van der Waals surface area contributed by atoms with Crippen molar-refractivity contribution in [1.82, 2.24) is 10.0 Å². The predicted octanol–water partition coefficient (Wildman–Crippen LogP) is -0.205. The summed E-state index contributed by atoms with van der Waals surface area (Å²) in [6.07, 6.45) is 5.75. The molecule has 0 heterocycles. The number of nitrogens with zero attached hydrogens (tertiary/aromatic N) is 1. The predicted molar refractivity (Wildman–Crippen MR) is 73.8 cm³/mol. The molecule has 7 heteroatoms. The Kier molecular flexibility index (Phi) is 5.61. The van der Waals surface area contributed by atoms with Crippen LogP contribution in [0.1, 0.15) is 19.3 Å². The molecular formula is C11H22N4O2S. The van der Waals surface area contributed by atoms with E-state index in [-0.39, 0.29) is 12.0 Å². The van der Waals surface area contributed by atoms with E-state index in [1.54, 1.807) is 6.08 Å². The Morgan fingerprint density at radius 1 is 1.56 bits per heavy atom. The molecule has 0 aromatic carbocycles. The summed E-state index contributed by atoms with van der Waals surface area (Å²) < 4.78 is 25.1. The number of hydrogen-bond acceptors (Lipinski definition) is 3. The zero-order valence-corrected chi connectivity index (χ0v) is 11.5. The van der Waals surface area contributed by atoms with Gasteiger partial charge in [-0.15, -0.1) is 6.58 Å². The Balaban J connectivity index is 2.47. The van der Waals surface area contributed by atoms with E-state index in [0.29, 0.717) is 19.0 Å². The molecule has 1 saturated carbocycles. The summed E-state index contributed by atoms with van der Waals surface area (Å²) in [7, 11) is -3.15. The molecule has 0 spiro atoms. The van der Waals surface area contributed by atoms with Crippen LogP contribution in [-0.2, 0) is 10.0 Å². The number of rotatable bonds is 6. The fourth-order valence-corrected chi connectivity index (χ4v) is 2.99. The van der Waals surface area contributed by atoms with Crippen LogP contribution < -0.4 is 15.8 Å². The van der Waals surface area contributed by atoms with E-state index >= 15 is 0 Å². The lowest BCUT2D eigenvalue weighted by molar-refractivity contribution is 0.454. The molecular weight excluding hydrogens is 252 g/mol. The number of hydrogen-bond donors (Lipinski definition) is 3. The van der Waals surface area contributed by atoms with Crippen LogP contribution in [0.15, 0.2) is 17.6 Å². The van der Waals surface area contributed by atoms with Gasteiger partial charge in [0.25, 0.3) is 0 Å². The lowest BCUT2D eigenvalue weighted by atomic mass is 10.1. The first-order chi connectivity index (χ1) is 8.42. The van der Waals surface area contributed by atoms with Crippen molar-refractivity contribution in [2.75, 3.05) is 19.3 Å². The average molecular weight is 274 g/mol. The number of aliphatic imine (C=N–C) groups is 1. The van der Waals surface area contributed by atoms with Gasteiger partial charge in [-0.2, -0.15) is 0 Å². The van der Waals surface area contributed by atoms with Crippen LogP contribution in [0.5, 0.6) is 0 Å². The third-order valence-corrected chi connectivity index (χ3v) is 3.68. The molecule has 1 fully saturated rings. The molecule has 104 valence electrons. The van der Waals surface area contributed by atoms with Gasteiger partial charge < -0.3 is 11.1 Å². The SMILES string of the molecule is C=CCNC(N)=NCC1CCCC1NS(C)(=O)=O. The highest BCUT2D eigenvalue weighted by atomic mass is 32.2. The molecule has 1 rings (SSSR count). The first kappa shape index (κ1) is 15.0. The van der Waals surface area contributed by atoms with Crippen molar-refractivity contribution in [3.63, 3.8) is 0 Å². The largest absolute Gasteiger partial charge is 0.370 e. The highest BCUT2D eigenvalue weighted by Gasteiger charge is 2.29. The van der Waals surface area contributed by atoms with Crippen molar-refractivity contribution in [2.24, 2.45) is 16.6 Å². The van der Waals surface area contributed by atoms with Crippen LogP contribution in [-0.4, -0.2) is 39.8 Å². The van der Waals surface area contributed by atoms with E-state index in [0.717, 1.165) is 19.3 Å². The molecule has 0 radical (unpaired) electrons. The van der Waals surface area contributed by atoms with Gasteiger partial charge in [0.15, 0.2) is 5.96 Å². The summed E-state index contributed by atoms with van der Waals surface area (Å²) in [4.78, 5) is 4.22. The van der Waals surface area contributed by atoms with Gasteiger partial charge in [-0.1, -0.05) is 12.5 Å². The van der Waals surface area contributed by atoms with Crippen molar-refractivity contribution in [3.05, 3.63) is 12.7 Å². The first-order valence-corrected chi connectivity index (χ1v) is 7.93. The van der Waals surface area contributed by atoms with Gasteiger partial charge in [-0.25, -0.2) is 13.1 Å². The maximum Gasteiger partial charge on any atom is 0.208 e. The third kappa shape index (κ3) is 5.50. The van der Waals surface area contributed by atoms with Crippen LogP contribution >= 0.6 is 0 Å². The van der Waals surface area contributed by atoms with Crippen molar-refractivity contribution in [1.29, 1.82) is 0 Å². The molecule has 6 nitrogen and oxygen atoms in total. The molecule has 0 saturated heterocycles. The molecule has 4 N–H and O–H groups in total. The van der Waals surface area contributed by atoms with Gasteiger partial charge >= 0.3 is 0 Å². The van der Waals surface area contributed by atoms with Crippen LogP contribution in [0, 0.1) is 5.92 Å². The molecule has 0 amide bonds. The number of sulfonamides is 1. The first-order valence-electron chi connectivity index (χ1n) is 6.04. The molecule has 0 aliphatic heterocycles. The van der Waals surface area contributed by atoms with Gasteiger partial charge in [0.05, 0.1) is 6.26 Å². The summed E-state index contributed by atoms with van der Waals surface area (Å²) in [6, 6.07) is -0.0176. The lowest BCUT2D eigenvalue weighted by Crippen LogP contribution is -2.38. The maximum absolute atomic E-state index is 11.2. The number of guanidine groups is 1. The maximum atomic E-state index is 11.2. The van der Waals surface area contributed by atoms with E-state index < -0.39 is 10.0 Å². The quantitative estimate of drug-likeness (QED) is 0.355. The van der Waals surface area contributed by atoms with E-state index in [2.05, 4.69) is 21.6 Å². The molecule has 0 aromatic heterocycles. The normalized spacial score (nSPS) is 25.1. The molecule has 18 heavy (non-hydrogen) atoms. The minimum absolute atomic E-state index is 0.0176. The average Bonchev–Trinajstić information content (AvgIpc) is 2.68. The van der Waals surface area contributed by atoms with Crippen molar-refractivity contribution in [3.8, 4) is 0 Å². The highest BCUT2D eigenvalue weighted by Crippen LogP contribution is 2.26. The van der Waals surface area contributed by atoms with Gasteiger partial charge in [0, 0.05) is 19.1 Å². The van der Waals surface area contributed by atoms with Crippen LogP contribution in [0.3, 0.4) is 0 Å².